The number of hydrogen-bond acceptors (Lipinski definition) is 2. The summed E-state index contributed by atoms with van der Waals surface area (Å²) in [7, 11) is 0. The van der Waals surface area contributed by atoms with Crippen LogP contribution >= 0.6 is 0 Å². The third-order valence-electron chi connectivity index (χ3n) is 5.06. The number of hydrogen-bond donors (Lipinski definition) is 1. The highest BCUT2D eigenvalue weighted by atomic mass is 16.2. The van der Waals surface area contributed by atoms with Gasteiger partial charge >= 0.3 is 0 Å². The molecule has 1 fully saturated rings. The van der Waals surface area contributed by atoms with Gasteiger partial charge in [-0.2, -0.15) is 5.10 Å². The number of carbonyl (C=O) groups excluding carboxylic acids is 1. The number of amides is 1. The van der Waals surface area contributed by atoms with Gasteiger partial charge in [0, 0.05) is 34.6 Å². The lowest BCUT2D eigenvalue weighted by Gasteiger charge is -2.08. The van der Waals surface area contributed by atoms with E-state index in [2.05, 4.69) is 59.4 Å². The van der Waals surface area contributed by atoms with Crippen molar-refractivity contribution in [2.45, 2.75) is 32.2 Å². The summed E-state index contributed by atoms with van der Waals surface area (Å²) in [5.41, 5.74) is 6.15. The molecule has 4 nitrogen and oxygen atoms in total. The van der Waals surface area contributed by atoms with Crippen molar-refractivity contribution in [1.82, 2.24) is 9.99 Å². The maximum absolute atomic E-state index is 12.3. The maximum Gasteiger partial charge on any atom is 0.243 e. The zero-order chi connectivity index (χ0) is 18.1. The fourth-order valence-electron chi connectivity index (χ4n) is 3.56. The Balaban J connectivity index is 1.45. The lowest BCUT2D eigenvalue weighted by Crippen LogP contribution is -2.20. The summed E-state index contributed by atoms with van der Waals surface area (Å²) < 4.78 is 2.23. The molecule has 0 saturated heterocycles. The molecule has 1 amide bonds. The van der Waals surface area contributed by atoms with Crippen LogP contribution in [0.25, 0.3) is 10.9 Å². The second kappa shape index (κ2) is 6.79. The van der Waals surface area contributed by atoms with Crippen LogP contribution in [0.2, 0.25) is 0 Å². The molecule has 3 aromatic rings. The molecule has 1 heterocycles. The molecule has 26 heavy (non-hydrogen) atoms. The summed E-state index contributed by atoms with van der Waals surface area (Å²) in [6, 6.07) is 18.8. The molecule has 0 radical (unpaired) electrons. The van der Waals surface area contributed by atoms with Crippen molar-refractivity contribution in [3.63, 3.8) is 0 Å². The van der Waals surface area contributed by atoms with E-state index >= 15 is 0 Å². The van der Waals surface area contributed by atoms with E-state index in [4.69, 9.17) is 0 Å². The molecule has 0 spiro atoms. The van der Waals surface area contributed by atoms with Gasteiger partial charge in [-0.05, 0) is 37.8 Å². The van der Waals surface area contributed by atoms with E-state index in [1.807, 2.05) is 30.3 Å². The van der Waals surface area contributed by atoms with Gasteiger partial charge in [-0.3, -0.25) is 4.79 Å². The number of nitrogens with one attached hydrogen (secondary N) is 1. The number of hydrazone groups is 1. The molecule has 0 bridgehead atoms. The molecule has 1 aromatic heterocycles. The van der Waals surface area contributed by atoms with E-state index in [-0.39, 0.29) is 11.8 Å². The number of para-hydroxylation sites is 1. The zero-order valence-electron chi connectivity index (χ0n) is 15.1. The van der Waals surface area contributed by atoms with Gasteiger partial charge in [0.2, 0.25) is 5.91 Å². The Morgan fingerprint density at radius 2 is 1.88 bits per heavy atom. The molecular weight excluding hydrogens is 322 g/mol. The summed E-state index contributed by atoms with van der Waals surface area (Å²) >= 11 is 0. The lowest BCUT2D eigenvalue weighted by molar-refractivity contribution is -0.122. The van der Waals surface area contributed by atoms with Crippen LogP contribution in [-0.4, -0.2) is 16.7 Å². The van der Waals surface area contributed by atoms with Crippen molar-refractivity contribution in [2.24, 2.45) is 11.0 Å². The first-order chi connectivity index (χ1) is 12.6. The average molecular weight is 345 g/mol. The molecule has 132 valence electrons. The van der Waals surface area contributed by atoms with E-state index < -0.39 is 0 Å². The Bertz CT molecular complexity index is 956. The van der Waals surface area contributed by atoms with Crippen LogP contribution < -0.4 is 5.43 Å². The lowest BCUT2D eigenvalue weighted by atomic mass is 10.1. The van der Waals surface area contributed by atoms with E-state index in [0.29, 0.717) is 12.0 Å². The molecular formula is C22H23N3O. The van der Waals surface area contributed by atoms with Crippen molar-refractivity contribution in [3.05, 3.63) is 71.9 Å². The third-order valence-corrected chi connectivity index (χ3v) is 5.06. The minimum absolute atomic E-state index is 0.00250. The topological polar surface area (TPSA) is 46.4 Å². The number of carbonyl (C=O) groups is 1. The van der Waals surface area contributed by atoms with Crippen molar-refractivity contribution in [1.29, 1.82) is 0 Å². The monoisotopic (exact) mass is 345 g/mol. The van der Waals surface area contributed by atoms with Gasteiger partial charge in [0.25, 0.3) is 0 Å². The second-order valence-electron chi connectivity index (χ2n) is 7.20. The molecule has 1 aliphatic rings. The first-order valence-corrected chi connectivity index (χ1v) is 9.12. The van der Waals surface area contributed by atoms with E-state index in [1.54, 1.807) is 6.21 Å². The van der Waals surface area contributed by atoms with Crippen molar-refractivity contribution in [2.75, 3.05) is 0 Å². The fourth-order valence-corrected chi connectivity index (χ4v) is 3.56. The quantitative estimate of drug-likeness (QED) is 0.538. The van der Waals surface area contributed by atoms with E-state index in [9.17, 15) is 4.79 Å². The minimum Gasteiger partial charge on any atom is -0.344 e. The molecule has 4 rings (SSSR count). The summed E-state index contributed by atoms with van der Waals surface area (Å²) in [5.74, 6) is 0.364. The Labute approximate surface area is 153 Å². The van der Waals surface area contributed by atoms with Gasteiger partial charge in [-0.1, -0.05) is 48.5 Å². The van der Waals surface area contributed by atoms with Gasteiger partial charge < -0.3 is 4.57 Å². The van der Waals surface area contributed by atoms with Crippen molar-refractivity contribution in [3.8, 4) is 0 Å². The van der Waals surface area contributed by atoms with Crippen LogP contribution in [-0.2, 0) is 4.79 Å². The maximum atomic E-state index is 12.3. The summed E-state index contributed by atoms with van der Waals surface area (Å²) in [5, 5.41) is 5.36. The standard InChI is InChI=1S/C22H23N3O/c1-15(2)25-14-17(18-10-6-7-11-21(18)25)13-23-24-22(26)20-12-19(20)16-8-4-3-5-9-16/h3-11,13-15,19-20H,12H2,1-2H3,(H,24,26). The highest BCUT2D eigenvalue weighted by Crippen LogP contribution is 2.47. The number of nitrogens with zero attached hydrogens (tertiary/aromatic N) is 2. The third kappa shape index (κ3) is 3.15. The van der Waals surface area contributed by atoms with Gasteiger partial charge in [-0.15, -0.1) is 0 Å². The number of fused-ring (bicyclic) bond motifs is 1. The Morgan fingerprint density at radius 3 is 2.65 bits per heavy atom. The van der Waals surface area contributed by atoms with Gasteiger partial charge in [0.05, 0.1) is 6.21 Å². The molecule has 1 N–H and O–H groups in total. The Kier molecular flexibility index (Phi) is 4.33. The van der Waals surface area contributed by atoms with Crippen LogP contribution in [0.15, 0.2) is 65.9 Å². The van der Waals surface area contributed by atoms with Crippen molar-refractivity contribution < 1.29 is 4.79 Å². The molecule has 0 aliphatic heterocycles. The number of aromatic nitrogens is 1. The Morgan fingerprint density at radius 1 is 1.15 bits per heavy atom. The number of benzene rings is 2. The van der Waals surface area contributed by atoms with Crippen molar-refractivity contribution >= 4 is 23.0 Å². The first-order valence-electron chi connectivity index (χ1n) is 9.12. The minimum atomic E-state index is 0.00250. The van der Waals surface area contributed by atoms with Crippen LogP contribution in [0, 0.1) is 5.92 Å². The second-order valence-corrected chi connectivity index (χ2v) is 7.20. The zero-order valence-corrected chi connectivity index (χ0v) is 15.1. The first kappa shape index (κ1) is 16.6. The molecule has 4 heteroatoms. The predicted octanol–water partition coefficient (Wildman–Crippen LogP) is 4.48. The van der Waals surface area contributed by atoms with Gasteiger partial charge in [-0.25, -0.2) is 5.43 Å². The van der Waals surface area contributed by atoms with Crippen LogP contribution in [0.3, 0.4) is 0 Å². The van der Waals surface area contributed by atoms with Gasteiger partial charge in [0.1, 0.15) is 0 Å². The predicted molar refractivity (Wildman–Crippen MR) is 105 cm³/mol. The SMILES string of the molecule is CC(C)n1cc(C=NNC(=O)C2CC2c2ccccc2)c2ccccc21. The van der Waals surface area contributed by atoms with Crippen LogP contribution in [0.1, 0.15) is 43.4 Å². The highest BCUT2D eigenvalue weighted by Gasteiger charge is 2.43. The van der Waals surface area contributed by atoms with Crippen LogP contribution in [0.5, 0.6) is 0 Å². The molecule has 1 aliphatic carbocycles. The van der Waals surface area contributed by atoms with Gasteiger partial charge in [0.15, 0.2) is 0 Å². The Hall–Kier alpha value is -2.88. The summed E-state index contributed by atoms with van der Waals surface area (Å²) in [6.07, 6.45) is 4.74. The molecule has 2 atom stereocenters. The normalized spacial score (nSPS) is 19.3. The summed E-state index contributed by atoms with van der Waals surface area (Å²) in [4.78, 5) is 12.3. The molecule has 1 saturated carbocycles. The molecule has 2 aromatic carbocycles. The highest BCUT2D eigenvalue weighted by molar-refractivity contribution is 5.99. The number of rotatable bonds is 5. The largest absolute Gasteiger partial charge is 0.344 e. The fraction of sp³-hybridized carbons (Fsp3) is 0.273. The van der Waals surface area contributed by atoms with Crippen LogP contribution in [0.4, 0.5) is 0 Å². The average Bonchev–Trinajstić information content (AvgIpc) is 3.38. The smallest absolute Gasteiger partial charge is 0.243 e. The van der Waals surface area contributed by atoms with E-state index in [0.717, 1.165) is 17.4 Å². The van der Waals surface area contributed by atoms with E-state index in [1.165, 1.54) is 11.1 Å². The summed E-state index contributed by atoms with van der Waals surface area (Å²) in [6.45, 7) is 4.32. The molecule has 2 unspecified atom stereocenters.